The van der Waals surface area contributed by atoms with Gasteiger partial charge in [0.2, 0.25) is 11.2 Å². The van der Waals surface area contributed by atoms with Crippen LogP contribution < -0.4 is 10.1 Å². The van der Waals surface area contributed by atoms with E-state index in [-0.39, 0.29) is 17.2 Å². The number of aromatic nitrogens is 3. The van der Waals surface area contributed by atoms with Gasteiger partial charge in [-0.05, 0) is 36.2 Å². The van der Waals surface area contributed by atoms with E-state index in [1.807, 2.05) is 13.0 Å². The fourth-order valence-electron chi connectivity index (χ4n) is 1.36. The van der Waals surface area contributed by atoms with E-state index in [4.69, 9.17) is 27.9 Å². The number of nitrogens with one attached hydrogen (secondary N) is 1. The maximum Gasteiger partial charge on any atom is 0.322 e. The van der Waals surface area contributed by atoms with Gasteiger partial charge in [-0.1, -0.05) is 34.5 Å². The Balaban J connectivity index is 2.21. The van der Waals surface area contributed by atoms with Crippen LogP contribution in [0.1, 0.15) is 13.3 Å². The Morgan fingerprint density at radius 1 is 1.25 bits per heavy atom. The summed E-state index contributed by atoms with van der Waals surface area (Å²) in [5, 5.41) is 3.57. The molecule has 0 aliphatic heterocycles. The molecule has 5 nitrogen and oxygen atoms in total. The molecule has 106 valence electrons. The molecule has 0 aliphatic carbocycles. The van der Waals surface area contributed by atoms with E-state index in [1.54, 1.807) is 12.1 Å². The molecule has 0 radical (unpaired) electrons. The molecule has 0 unspecified atom stereocenters. The summed E-state index contributed by atoms with van der Waals surface area (Å²) in [4.78, 5) is 12.0. The first-order valence-corrected chi connectivity index (χ1v) is 7.40. The topological polar surface area (TPSA) is 59.9 Å². The van der Waals surface area contributed by atoms with Crippen molar-refractivity contribution in [1.29, 1.82) is 0 Å². The lowest BCUT2D eigenvalue weighted by Crippen LogP contribution is -2.05. The molecule has 8 heteroatoms. The van der Waals surface area contributed by atoms with Crippen LogP contribution in [0.4, 0.5) is 11.6 Å². The third-order valence-electron chi connectivity index (χ3n) is 2.20. The first-order chi connectivity index (χ1) is 9.58. The van der Waals surface area contributed by atoms with E-state index in [1.165, 1.54) is 0 Å². The fraction of sp³-hybridized carbons (Fsp3) is 0.250. The van der Waals surface area contributed by atoms with Crippen LogP contribution in [-0.2, 0) is 0 Å². The fourth-order valence-corrected chi connectivity index (χ4v) is 2.23. The van der Waals surface area contributed by atoms with Gasteiger partial charge in [0.15, 0.2) is 0 Å². The average Bonchev–Trinajstić information content (AvgIpc) is 2.39. The Kier molecular flexibility index (Phi) is 5.39. The molecule has 1 heterocycles. The summed E-state index contributed by atoms with van der Waals surface area (Å²) in [7, 11) is 0. The zero-order chi connectivity index (χ0) is 14.5. The molecule has 2 aromatic rings. The quantitative estimate of drug-likeness (QED) is 0.832. The summed E-state index contributed by atoms with van der Waals surface area (Å²) in [5.41, 5.74) is 0.665. The van der Waals surface area contributed by atoms with Crippen molar-refractivity contribution in [3.05, 3.63) is 33.0 Å². The Bertz CT molecular complexity index is 612. The molecule has 2 rings (SSSR count). The van der Waals surface area contributed by atoms with Crippen molar-refractivity contribution in [3.63, 3.8) is 0 Å². The molecule has 1 N–H and O–H groups in total. The minimum absolute atomic E-state index is 0.0573. The van der Waals surface area contributed by atoms with Crippen LogP contribution in [0.15, 0.2) is 22.7 Å². The van der Waals surface area contributed by atoms with Gasteiger partial charge < -0.3 is 10.1 Å². The molecule has 0 bridgehead atoms. The van der Waals surface area contributed by atoms with Crippen molar-refractivity contribution in [2.24, 2.45) is 0 Å². The maximum absolute atomic E-state index is 6.11. The predicted octanol–water partition coefficient (Wildman–Crippen LogP) is 4.47. The van der Waals surface area contributed by atoms with Gasteiger partial charge in [-0.15, -0.1) is 0 Å². The summed E-state index contributed by atoms with van der Waals surface area (Å²) in [5.74, 6) is 0.278. The Morgan fingerprint density at radius 3 is 2.75 bits per heavy atom. The number of ether oxygens (including phenoxy) is 1. The van der Waals surface area contributed by atoms with E-state index >= 15 is 0 Å². The number of anilines is 2. The van der Waals surface area contributed by atoms with Crippen molar-refractivity contribution >= 4 is 50.8 Å². The normalized spacial score (nSPS) is 10.4. The lowest BCUT2D eigenvalue weighted by Gasteiger charge is -2.08. The lowest BCUT2D eigenvalue weighted by molar-refractivity contribution is 0.292. The smallest absolute Gasteiger partial charge is 0.322 e. The minimum atomic E-state index is 0.0573. The molecule has 0 fully saturated rings. The van der Waals surface area contributed by atoms with Crippen molar-refractivity contribution < 1.29 is 4.74 Å². The van der Waals surface area contributed by atoms with E-state index in [9.17, 15) is 0 Å². The molecule has 0 atom stereocenters. The molecule has 0 saturated heterocycles. The van der Waals surface area contributed by atoms with E-state index in [2.05, 4.69) is 36.2 Å². The zero-order valence-corrected chi connectivity index (χ0v) is 13.6. The van der Waals surface area contributed by atoms with Crippen molar-refractivity contribution in [3.8, 4) is 6.01 Å². The van der Waals surface area contributed by atoms with Gasteiger partial charge in [-0.2, -0.15) is 15.0 Å². The second kappa shape index (κ2) is 7.06. The van der Waals surface area contributed by atoms with E-state index in [0.29, 0.717) is 17.3 Å². The van der Waals surface area contributed by atoms with Gasteiger partial charge in [0, 0.05) is 4.47 Å². The molecular weight excluding hydrogens is 367 g/mol. The number of halogens is 3. The van der Waals surface area contributed by atoms with Gasteiger partial charge in [0.05, 0.1) is 17.3 Å². The second-order valence-electron chi connectivity index (χ2n) is 3.81. The average molecular weight is 378 g/mol. The number of nitrogens with zero attached hydrogens (tertiary/aromatic N) is 3. The Morgan fingerprint density at radius 2 is 2.05 bits per heavy atom. The third-order valence-corrected chi connectivity index (χ3v) is 3.18. The SMILES string of the molecule is CCCOc1nc(Cl)nc(Nc2ccc(Br)cc2Cl)n1. The highest BCUT2D eigenvalue weighted by Gasteiger charge is 2.08. The van der Waals surface area contributed by atoms with Gasteiger partial charge in [-0.3, -0.25) is 0 Å². The summed E-state index contributed by atoms with van der Waals surface area (Å²) < 4.78 is 6.22. The van der Waals surface area contributed by atoms with Gasteiger partial charge in [0.1, 0.15) is 0 Å². The largest absolute Gasteiger partial charge is 0.463 e. The van der Waals surface area contributed by atoms with Crippen LogP contribution in [0, 0.1) is 0 Å². The monoisotopic (exact) mass is 376 g/mol. The molecule has 0 amide bonds. The maximum atomic E-state index is 6.11. The van der Waals surface area contributed by atoms with Crippen molar-refractivity contribution in [2.45, 2.75) is 13.3 Å². The molecule has 1 aromatic carbocycles. The highest BCUT2D eigenvalue weighted by atomic mass is 79.9. The van der Waals surface area contributed by atoms with Crippen LogP contribution >= 0.6 is 39.1 Å². The lowest BCUT2D eigenvalue weighted by atomic mass is 10.3. The molecular formula is C12H11BrCl2N4O. The highest BCUT2D eigenvalue weighted by molar-refractivity contribution is 9.10. The summed E-state index contributed by atoms with van der Waals surface area (Å²) in [6.45, 7) is 2.50. The first kappa shape index (κ1) is 15.3. The highest BCUT2D eigenvalue weighted by Crippen LogP contribution is 2.27. The van der Waals surface area contributed by atoms with E-state index < -0.39 is 0 Å². The predicted molar refractivity (Wildman–Crippen MR) is 83.1 cm³/mol. The second-order valence-corrected chi connectivity index (χ2v) is 5.47. The number of hydrogen-bond donors (Lipinski definition) is 1. The Labute approximate surface area is 134 Å². The standard InChI is InChI=1S/C12H11BrCl2N4O/c1-2-5-20-12-18-10(15)17-11(19-12)16-9-4-3-7(13)6-8(9)14/h3-4,6H,2,5H2,1H3,(H,16,17,18,19). The number of benzene rings is 1. The first-order valence-electron chi connectivity index (χ1n) is 5.85. The summed E-state index contributed by atoms with van der Waals surface area (Å²) in [6, 6.07) is 5.60. The van der Waals surface area contributed by atoms with E-state index in [0.717, 1.165) is 10.9 Å². The van der Waals surface area contributed by atoms with Crippen LogP contribution in [0.25, 0.3) is 0 Å². The molecule has 20 heavy (non-hydrogen) atoms. The van der Waals surface area contributed by atoms with Crippen LogP contribution in [0.2, 0.25) is 10.3 Å². The molecule has 1 aromatic heterocycles. The third kappa shape index (κ3) is 4.19. The molecule has 0 spiro atoms. The minimum Gasteiger partial charge on any atom is -0.463 e. The van der Waals surface area contributed by atoms with Gasteiger partial charge >= 0.3 is 6.01 Å². The number of hydrogen-bond acceptors (Lipinski definition) is 5. The van der Waals surface area contributed by atoms with Crippen LogP contribution in [0.5, 0.6) is 6.01 Å². The van der Waals surface area contributed by atoms with Gasteiger partial charge in [0.25, 0.3) is 0 Å². The summed E-state index contributed by atoms with van der Waals surface area (Å²) in [6.07, 6.45) is 0.852. The zero-order valence-electron chi connectivity index (χ0n) is 10.5. The van der Waals surface area contributed by atoms with Crippen molar-refractivity contribution in [1.82, 2.24) is 15.0 Å². The molecule has 0 aliphatic rings. The van der Waals surface area contributed by atoms with Gasteiger partial charge in [-0.25, -0.2) is 0 Å². The Hall–Kier alpha value is -1.11. The molecule has 0 saturated carbocycles. The van der Waals surface area contributed by atoms with Crippen LogP contribution in [0.3, 0.4) is 0 Å². The van der Waals surface area contributed by atoms with Crippen LogP contribution in [-0.4, -0.2) is 21.6 Å². The number of rotatable bonds is 5. The van der Waals surface area contributed by atoms with Crippen molar-refractivity contribution in [2.75, 3.05) is 11.9 Å². The summed E-state index contributed by atoms with van der Waals surface area (Å²) >= 11 is 15.3.